The largest absolute Gasteiger partial charge is 0.479 e. The zero-order valence-corrected chi connectivity index (χ0v) is 13.9. The maximum atomic E-state index is 12.5. The molecule has 2 rings (SSSR count). The second-order valence-electron chi connectivity index (χ2n) is 5.39. The van der Waals surface area contributed by atoms with Gasteiger partial charge in [-0.2, -0.15) is 0 Å². The first kappa shape index (κ1) is 17.1. The minimum Gasteiger partial charge on any atom is -0.479 e. The molecule has 0 fully saturated rings. The van der Waals surface area contributed by atoms with Crippen molar-refractivity contribution >= 4 is 23.5 Å². The molecule has 1 atom stereocenters. The number of carboxylic acids is 1. The summed E-state index contributed by atoms with van der Waals surface area (Å²) in [6.45, 7) is 5.17. The number of carbonyl (C=O) groups is 2. The molecule has 6 heteroatoms. The molecule has 1 aromatic carbocycles. The topological polar surface area (TPSA) is 79.5 Å². The van der Waals surface area contributed by atoms with Crippen LogP contribution in [0.2, 0.25) is 5.02 Å². The highest BCUT2D eigenvalue weighted by molar-refractivity contribution is 6.30. The summed E-state index contributed by atoms with van der Waals surface area (Å²) >= 11 is 5.86. The molecule has 0 radical (unpaired) electrons. The van der Waals surface area contributed by atoms with Gasteiger partial charge in [-0.1, -0.05) is 30.7 Å². The summed E-state index contributed by atoms with van der Waals surface area (Å²) in [6.07, 6.45) is 0.175. The van der Waals surface area contributed by atoms with Crippen LogP contribution in [0.5, 0.6) is 0 Å². The molecule has 0 aliphatic carbocycles. The van der Waals surface area contributed by atoms with Gasteiger partial charge >= 0.3 is 5.97 Å². The van der Waals surface area contributed by atoms with Crippen LogP contribution in [-0.4, -0.2) is 17.0 Å². The standard InChI is InChI=1S/C17H18ClNO4/c1-4-17(16(21)22,12-5-7-13(18)8-6-12)19-15(20)14-10(2)9-11(3)23-14/h5-9H,4H2,1-3H3,(H,19,20)(H,21,22). The fraction of sp³-hybridized carbons (Fsp3) is 0.294. The lowest BCUT2D eigenvalue weighted by molar-refractivity contribution is -0.145. The fourth-order valence-electron chi connectivity index (χ4n) is 2.54. The molecular weight excluding hydrogens is 318 g/mol. The fourth-order valence-corrected chi connectivity index (χ4v) is 2.67. The van der Waals surface area contributed by atoms with E-state index < -0.39 is 17.4 Å². The molecule has 2 aromatic rings. The van der Waals surface area contributed by atoms with Gasteiger partial charge in [0, 0.05) is 10.6 Å². The molecule has 1 aromatic heterocycles. The van der Waals surface area contributed by atoms with Gasteiger partial charge in [0.1, 0.15) is 5.76 Å². The van der Waals surface area contributed by atoms with Crippen LogP contribution in [-0.2, 0) is 10.3 Å². The van der Waals surface area contributed by atoms with E-state index in [0.29, 0.717) is 21.9 Å². The molecule has 1 heterocycles. The van der Waals surface area contributed by atoms with E-state index in [-0.39, 0.29) is 12.2 Å². The number of halogens is 1. The summed E-state index contributed by atoms with van der Waals surface area (Å²) in [7, 11) is 0. The van der Waals surface area contributed by atoms with Crippen molar-refractivity contribution in [2.75, 3.05) is 0 Å². The average molecular weight is 336 g/mol. The quantitative estimate of drug-likeness (QED) is 0.873. The van der Waals surface area contributed by atoms with E-state index in [9.17, 15) is 14.7 Å². The summed E-state index contributed by atoms with van der Waals surface area (Å²) in [5.74, 6) is -0.987. The van der Waals surface area contributed by atoms with Crippen LogP contribution in [0.25, 0.3) is 0 Å². The highest BCUT2D eigenvalue weighted by atomic mass is 35.5. The molecular formula is C17H18ClNO4. The van der Waals surface area contributed by atoms with Crippen LogP contribution in [0.3, 0.4) is 0 Å². The predicted molar refractivity (Wildman–Crippen MR) is 86.7 cm³/mol. The van der Waals surface area contributed by atoms with E-state index >= 15 is 0 Å². The normalized spacial score (nSPS) is 13.4. The molecule has 0 bridgehead atoms. The lowest BCUT2D eigenvalue weighted by Gasteiger charge is -2.29. The summed E-state index contributed by atoms with van der Waals surface area (Å²) in [5, 5.41) is 12.8. The van der Waals surface area contributed by atoms with Gasteiger partial charge in [-0.15, -0.1) is 0 Å². The van der Waals surface area contributed by atoms with Crippen molar-refractivity contribution < 1.29 is 19.1 Å². The predicted octanol–water partition coefficient (Wildman–Crippen LogP) is 3.67. The highest BCUT2D eigenvalue weighted by Crippen LogP contribution is 2.28. The van der Waals surface area contributed by atoms with Gasteiger partial charge < -0.3 is 14.8 Å². The average Bonchev–Trinajstić information content (AvgIpc) is 2.84. The Morgan fingerprint density at radius 3 is 2.30 bits per heavy atom. The van der Waals surface area contributed by atoms with Gasteiger partial charge in [0.2, 0.25) is 0 Å². The van der Waals surface area contributed by atoms with Crippen LogP contribution >= 0.6 is 11.6 Å². The zero-order chi connectivity index (χ0) is 17.2. The van der Waals surface area contributed by atoms with Crippen molar-refractivity contribution in [3.63, 3.8) is 0 Å². The van der Waals surface area contributed by atoms with Crippen LogP contribution in [0.15, 0.2) is 34.7 Å². The Morgan fingerprint density at radius 1 is 1.26 bits per heavy atom. The van der Waals surface area contributed by atoms with Crippen molar-refractivity contribution in [1.29, 1.82) is 0 Å². The van der Waals surface area contributed by atoms with Crippen molar-refractivity contribution in [2.45, 2.75) is 32.7 Å². The Balaban J connectivity index is 2.43. The van der Waals surface area contributed by atoms with Crippen LogP contribution < -0.4 is 5.32 Å². The summed E-state index contributed by atoms with van der Waals surface area (Å²) in [6, 6.07) is 8.12. The lowest BCUT2D eigenvalue weighted by Crippen LogP contribution is -2.51. The van der Waals surface area contributed by atoms with Crippen LogP contribution in [0.4, 0.5) is 0 Å². The van der Waals surface area contributed by atoms with Gasteiger partial charge in [0.15, 0.2) is 11.3 Å². The van der Waals surface area contributed by atoms with Crippen LogP contribution in [0, 0.1) is 13.8 Å². The molecule has 0 spiro atoms. The van der Waals surface area contributed by atoms with Gasteiger partial charge in [-0.25, -0.2) is 4.79 Å². The van der Waals surface area contributed by atoms with Gasteiger partial charge in [0.25, 0.3) is 5.91 Å². The highest BCUT2D eigenvalue weighted by Gasteiger charge is 2.41. The third-order valence-electron chi connectivity index (χ3n) is 3.81. The molecule has 1 amide bonds. The van der Waals surface area contributed by atoms with E-state index in [1.54, 1.807) is 51.1 Å². The van der Waals surface area contributed by atoms with Crippen molar-refractivity contribution in [2.24, 2.45) is 0 Å². The Kier molecular flexibility index (Phi) is 4.80. The van der Waals surface area contributed by atoms with E-state index in [0.717, 1.165) is 0 Å². The number of aryl methyl sites for hydroxylation is 2. The summed E-state index contributed by atoms with van der Waals surface area (Å²) in [4.78, 5) is 24.4. The molecule has 0 aliphatic heterocycles. The first-order valence-corrected chi connectivity index (χ1v) is 7.57. The zero-order valence-electron chi connectivity index (χ0n) is 13.1. The monoisotopic (exact) mass is 335 g/mol. The van der Waals surface area contributed by atoms with E-state index in [1.165, 1.54) is 0 Å². The number of carboxylic acid groups (broad SMARTS) is 1. The van der Waals surface area contributed by atoms with Crippen molar-refractivity contribution in [3.8, 4) is 0 Å². The summed E-state index contributed by atoms with van der Waals surface area (Å²) < 4.78 is 5.38. The van der Waals surface area contributed by atoms with Crippen LogP contribution in [0.1, 0.15) is 40.8 Å². The SMILES string of the molecule is CCC(NC(=O)c1oc(C)cc1C)(C(=O)O)c1ccc(Cl)cc1. The number of amides is 1. The summed E-state index contributed by atoms with van der Waals surface area (Å²) in [5.41, 5.74) is -0.438. The molecule has 23 heavy (non-hydrogen) atoms. The van der Waals surface area contributed by atoms with Gasteiger partial charge in [-0.3, -0.25) is 4.79 Å². The number of nitrogens with one attached hydrogen (secondary N) is 1. The smallest absolute Gasteiger partial charge is 0.334 e. The number of carbonyl (C=O) groups excluding carboxylic acids is 1. The first-order chi connectivity index (χ1) is 10.8. The van der Waals surface area contributed by atoms with E-state index in [1.807, 2.05) is 0 Å². The first-order valence-electron chi connectivity index (χ1n) is 7.19. The molecule has 0 saturated heterocycles. The maximum Gasteiger partial charge on any atom is 0.334 e. The number of benzene rings is 1. The third kappa shape index (κ3) is 3.24. The second kappa shape index (κ2) is 6.46. The molecule has 122 valence electrons. The Labute approximate surface area is 139 Å². The van der Waals surface area contributed by atoms with Gasteiger partial charge in [-0.05, 0) is 44.0 Å². The third-order valence-corrected chi connectivity index (χ3v) is 4.06. The number of furan rings is 1. The minimum atomic E-state index is -1.55. The molecule has 0 aliphatic rings. The maximum absolute atomic E-state index is 12.5. The number of aliphatic carboxylic acids is 1. The van der Waals surface area contributed by atoms with E-state index in [4.69, 9.17) is 16.0 Å². The molecule has 0 saturated carbocycles. The molecule has 1 unspecified atom stereocenters. The molecule has 5 nitrogen and oxygen atoms in total. The number of rotatable bonds is 5. The van der Waals surface area contributed by atoms with Gasteiger partial charge in [0.05, 0.1) is 0 Å². The second-order valence-corrected chi connectivity index (χ2v) is 5.83. The minimum absolute atomic E-state index is 0.121. The Hall–Kier alpha value is -2.27. The van der Waals surface area contributed by atoms with E-state index in [2.05, 4.69) is 5.32 Å². The lowest BCUT2D eigenvalue weighted by atomic mass is 9.87. The Morgan fingerprint density at radius 2 is 1.87 bits per heavy atom. The molecule has 2 N–H and O–H groups in total. The number of hydrogen-bond acceptors (Lipinski definition) is 3. The van der Waals surface area contributed by atoms with Crippen molar-refractivity contribution in [3.05, 3.63) is 58.0 Å². The number of hydrogen-bond donors (Lipinski definition) is 2. The van der Waals surface area contributed by atoms with Crippen molar-refractivity contribution in [1.82, 2.24) is 5.32 Å². The Bertz CT molecular complexity index is 736.